The molecule has 0 saturated heterocycles. The van der Waals surface area contributed by atoms with Gasteiger partial charge in [-0.25, -0.2) is 4.39 Å². The lowest BCUT2D eigenvalue weighted by molar-refractivity contribution is -0.144. The van der Waals surface area contributed by atoms with Gasteiger partial charge in [-0.1, -0.05) is 6.07 Å². The third kappa shape index (κ3) is 7.10. The molecular weight excluding hydrogens is 295 g/mol. The van der Waals surface area contributed by atoms with Crippen LogP contribution in [-0.2, 0) is 14.3 Å². The van der Waals surface area contributed by atoms with Gasteiger partial charge in [0, 0.05) is 23.6 Å². The highest BCUT2D eigenvalue weighted by Crippen LogP contribution is 2.11. The molecule has 0 aliphatic carbocycles. The number of rotatable bonds is 8. The summed E-state index contributed by atoms with van der Waals surface area (Å²) < 4.78 is 17.7. The number of hydrogen-bond donors (Lipinski definition) is 2. The summed E-state index contributed by atoms with van der Waals surface area (Å²) >= 11 is 1.40. The number of halogens is 1. The summed E-state index contributed by atoms with van der Waals surface area (Å²) in [7, 11) is 0. The molecule has 1 aromatic carbocycles. The molecule has 5 nitrogen and oxygen atoms in total. The van der Waals surface area contributed by atoms with Crippen LogP contribution in [0.2, 0.25) is 0 Å². The summed E-state index contributed by atoms with van der Waals surface area (Å²) in [6, 6.07) is 5.02. The number of amides is 1. The van der Waals surface area contributed by atoms with E-state index in [1.54, 1.807) is 13.0 Å². The number of hydrogen-bond acceptors (Lipinski definition) is 5. The zero-order chi connectivity index (χ0) is 15.7. The van der Waals surface area contributed by atoms with Crippen LogP contribution in [-0.4, -0.2) is 36.0 Å². The maximum Gasteiger partial charge on any atom is 0.323 e. The summed E-state index contributed by atoms with van der Waals surface area (Å²) in [5, 5.41) is 2.60. The number of nitrogens with one attached hydrogen (secondary N) is 1. The Morgan fingerprint density at radius 2 is 2.24 bits per heavy atom. The smallest absolute Gasteiger partial charge is 0.323 e. The number of carbonyl (C=O) groups is 2. The fourth-order valence-electron chi connectivity index (χ4n) is 1.48. The molecule has 0 aliphatic heterocycles. The Hall–Kier alpha value is -1.60. The van der Waals surface area contributed by atoms with E-state index in [1.807, 2.05) is 0 Å². The zero-order valence-corrected chi connectivity index (χ0v) is 12.6. The Labute approximate surface area is 127 Å². The van der Waals surface area contributed by atoms with E-state index in [4.69, 9.17) is 10.5 Å². The molecule has 0 spiro atoms. The van der Waals surface area contributed by atoms with E-state index in [1.165, 1.54) is 30.0 Å². The van der Waals surface area contributed by atoms with Crippen LogP contribution < -0.4 is 11.1 Å². The van der Waals surface area contributed by atoms with Gasteiger partial charge in [0.2, 0.25) is 5.91 Å². The predicted molar refractivity (Wildman–Crippen MR) is 81.6 cm³/mol. The molecule has 0 bridgehead atoms. The van der Waals surface area contributed by atoms with Crippen molar-refractivity contribution in [2.75, 3.05) is 23.4 Å². The van der Waals surface area contributed by atoms with E-state index in [2.05, 4.69) is 5.32 Å². The van der Waals surface area contributed by atoms with Gasteiger partial charge in [-0.15, -0.1) is 0 Å². The minimum atomic E-state index is -0.679. The van der Waals surface area contributed by atoms with Crippen LogP contribution in [0, 0.1) is 5.82 Å². The van der Waals surface area contributed by atoms with Crippen LogP contribution in [0.1, 0.15) is 13.3 Å². The van der Waals surface area contributed by atoms with Gasteiger partial charge in [0.1, 0.15) is 11.9 Å². The third-order valence-corrected chi connectivity index (χ3v) is 3.56. The van der Waals surface area contributed by atoms with Gasteiger partial charge in [-0.2, -0.15) is 11.8 Å². The molecule has 7 heteroatoms. The van der Waals surface area contributed by atoms with Crippen molar-refractivity contribution in [1.82, 2.24) is 0 Å². The van der Waals surface area contributed by atoms with Crippen molar-refractivity contribution in [2.24, 2.45) is 5.73 Å². The average Bonchev–Trinajstić information content (AvgIpc) is 2.43. The number of carbonyl (C=O) groups excluding carboxylic acids is 2. The molecule has 0 radical (unpaired) electrons. The van der Waals surface area contributed by atoms with Crippen LogP contribution in [0.3, 0.4) is 0 Å². The molecule has 1 rings (SSSR count). The van der Waals surface area contributed by atoms with E-state index < -0.39 is 17.8 Å². The minimum absolute atomic E-state index is 0.210. The lowest BCUT2D eigenvalue weighted by atomic mass is 10.3. The molecular formula is C14H19FN2O3S. The van der Waals surface area contributed by atoms with E-state index in [0.29, 0.717) is 23.8 Å². The van der Waals surface area contributed by atoms with Gasteiger partial charge in [0.05, 0.1) is 6.61 Å². The largest absolute Gasteiger partial charge is 0.465 e. The molecule has 1 aromatic rings. The van der Waals surface area contributed by atoms with Crippen LogP contribution in [0.15, 0.2) is 24.3 Å². The Morgan fingerprint density at radius 1 is 1.48 bits per heavy atom. The lowest BCUT2D eigenvalue weighted by Gasteiger charge is -2.10. The van der Waals surface area contributed by atoms with E-state index in [-0.39, 0.29) is 12.3 Å². The number of thioether (sulfide) groups is 1. The second-order valence-corrected chi connectivity index (χ2v) is 5.39. The number of esters is 1. The number of anilines is 1. The first-order valence-corrected chi connectivity index (χ1v) is 7.73. The average molecular weight is 314 g/mol. The van der Waals surface area contributed by atoms with E-state index >= 15 is 0 Å². The van der Waals surface area contributed by atoms with Gasteiger partial charge < -0.3 is 15.8 Å². The fourth-order valence-corrected chi connectivity index (χ4v) is 2.37. The van der Waals surface area contributed by atoms with Crippen molar-refractivity contribution >= 4 is 29.3 Å². The summed E-state index contributed by atoms with van der Waals surface area (Å²) in [6.45, 7) is 2.02. The minimum Gasteiger partial charge on any atom is -0.465 e. The molecule has 0 aliphatic rings. The van der Waals surface area contributed by atoms with Crippen molar-refractivity contribution in [1.29, 1.82) is 0 Å². The second kappa shape index (κ2) is 9.36. The normalized spacial score (nSPS) is 11.8. The first kappa shape index (κ1) is 17.5. The molecule has 3 N–H and O–H groups in total. The highest BCUT2D eigenvalue weighted by Gasteiger charge is 2.14. The zero-order valence-electron chi connectivity index (χ0n) is 11.8. The first-order valence-electron chi connectivity index (χ1n) is 6.58. The molecule has 1 amide bonds. The van der Waals surface area contributed by atoms with Gasteiger partial charge in [0.15, 0.2) is 0 Å². The van der Waals surface area contributed by atoms with Gasteiger partial charge >= 0.3 is 5.97 Å². The van der Waals surface area contributed by atoms with Crippen molar-refractivity contribution in [2.45, 2.75) is 19.4 Å². The number of benzene rings is 1. The van der Waals surface area contributed by atoms with Crippen molar-refractivity contribution in [3.8, 4) is 0 Å². The van der Waals surface area contributed by atoms with Crippen molar-refractivity contribution in [3.63, 3.8) is 0 Å². The summed E-state index contributed by atoms with van der Waals surface area (Å²) in [6.07, 6.45) is 0.261. The Bertz CT molecular complexity index is 485. The summed E-state index contributed by atoms with van der Waals surface area (Å²) in [5.41, 5.74) is 6.05. The highest BCUT2D eigenvalue weighted by atomic mass is 32.2. The Kier molecular flexibility index (Phi) is 7.78. The number of ether oxygens (including phenoxy) is 1. The standard InChI is InChI=1S/C14H19FN2O3S/c1-2-20-14(19)12(16)9-21-7-6-13(18)17-11-5-3-4-10(15)8-11/h3-5,8,12H,2,6-7,9,16H2,1H3,(H,17,18). The number of nitrogens with two attached hydrogens (primary N) is 1. The lowest BCUT2D eigenvalue weighted by Crippen LogP contribution is -2.34. The van der Waals surface area contributed by atoms with Crippen LogP contribution in [0.25, 0.3) is 0 Å². The molecule has 0 heterocycles. The van der Waals surface area contributed by atoms with Gasteiger partial charge in [0.25, 0.3) is 0 Å². The third-order valence-electron chi connectivity index (χ3n) is 2.47. The van der Waals surface area contributed by atoms with Crippen molar-refractivity contribution < 1.29 is 18.7 Å². The van der Waals surface area contributed by atoms with Crippen LogP contribution >= 0.6 is 11.8 Å². The van der Waals surface area contributed by atoms with E-state index in [0.717, 1.165) is 0 Å². The van der Waals surface area contributed by atoms with Gasteiger partial charge in [-0.3, -0.25) is 9.59 Å². The summed E-state index contributed by atoms with van der Waals surface area (Å²) in [4.78, 5) is 22.9. The predicted octanol–water partition coefficient (Wildman–Crippen LogP) is 1.78. The van der Waals surface area contributed by atoms with Gasteiger partial charge in [-0.05, 0) is 25.1 Å². The fraction of sp³-hybridized carbons (Fsp3) is 0.429. The maximum absolute atomic E-state index is 12.9. The van der Waals surface area contributed by atoms with Crippen LogP contribution in [0.4, 0.5) is 10.1 Å². The highest BCUT2D eigenvalue weighted by molar-refractivity contribution is 7.99. The molecule has 1 unspecified atom stereocenters. The molecule has 0 saturated carbocycles. The second-order valence-electron chi connectivity index (χ2n) is 4.24. The monoisotopic (exact) mass is 314 g/mol. The molecule has 116 valence electrons. The maximum atomic E-state index is 12.9. The van der Waals surface area contributed by atoms with E-state index in [9.17, 15) is 14.0 Å². The quantitative estimate of drug-likeness (QED) is 0.564. The Balaban J connectivity index is 2.20. The summed E-state index contributed by atoms with van der Waals surface area (Å²) in [5.74, 6) is -0.130. The molecule has 1 atom stereocenters. The molecule has 0 fully saturated rings. The Morgan fingerprint density at radius 3 is 2.90 bits per heavy atom. The molecule has 0 aromatic heterocycles. The first-order chi connectivity index (χ1) is 10.0. The SMILES string of the molecule is CCOC(=O)C(N)CSCCC(=O)Nc1cccc(F)c1. The van der Waals surface area contributed by atoms with Crippen molar-refractivity contribution in [3.05, 3.63) is 30.1 Å². The van der Waals surface area contributed by atoms with Crippen LogP contribution in [0.5, 0.6) is 0 Å². The topological polar surface area (TPSA) is 81.4 Å². The molecule has 21 heavy (non-hydrogen) atoms.